The number of nitrogens with one attached hydrogen (secondary N) is 1. The number of hydrogen-bond acceptors (Lipinski definition) is 7. The molecule has 118 valence electrons. The number of aryl methyl sites for hydroxylation is 2. The van der Waals surface area contributed by atoms with Crippen molar-refractivity contribution in [3.8, 4) is 17.3 Å². The fraction of sp³-hybridized carbons (Fsp3) is 0.200. The normalized spacial score (nSPS) is 10.6. The van der Waals surface area contributed by atoms with Crippen molar-refractivity contribution in [1.29, 1.82) is 0 Å². The van der Waals surface area contributed by atoms with Gasteiger partial charge in [-0.2, -0.15) is 0 Å². The third-order valence-corrected chi connectivity index (χ3v) is 3.97. The third-order valence-electron chi connectivity index (χ3n) is 3.08. The Morgan fingerprint density at radius 3 is 2.83 bits per heavy atom. The second-order valence-corrected chi connectivity index (χ2v) is 6.14. The number of thiazole rings is 1. The summed E-state index contributed by atoms with van der Waals surface area (Å²) in [7, 11) is 1.54. The number of carbonyl (C=O) groups is 1. The summed E-state index contributed by atoms with van der Waals surface area (Å²) in [6.45, 7) is 3.84. The van der Waals surface area contributed by atoms with Crippen LogP contribution in [0.15, 0.2) is 28.7 Å². The highest BCUT2D eigenvalue weighted by atomic mass is 32.1. The first-order chi connectivity index (χ1) is 11.1. The Morgan fingerprint density at radius 1 is 1.30 bits per heavy atom. The highest BCUT2D eigenvalue weighted by Gasteiger charge is 2.17. The minimum atomic E-state index is -0.356. The standard InChI is InChI=1S/C15H14N4O3S/c1-8-12(16-9(2)23-8)14-18-19-15(22-14)17-13(20)10-5-4-6-11(7-10)21-3/h4-7H,1-3H3,(H,17,19,20). The number of aromatic nitrogens is 3. The third kappa shape index (κ3) is 3.21. The van der Waals surface area contributed by atoms with Gasteiger partial charge in [0.25, 0.3) is 11.8 Å². The topological polar surface area (TPSA) is 90.1 Å². The molecule has 0 unspecified atom stereocenters. The predicted molar refractivity (Wildman–Crippen MR) is 85.8 cm³/mol. The van der Waals surface area contributed by atoms with Gasteiger partial charge in [0, 0.05) is 10.4 Å². The molecule has 23 heavy (non-hydrogen) atoms. The highest BCUT2D eigenvalue weighted by molar-refractivity contribution is 7.11. The van der Waals surface area contributed by atoms with Crippen molar-refractivity contribution in [3.05, 3.63) is 39.7 Å². The number of amides is 1. The molecule has 0 fully saturated rings. The Labute approximate surface area is 136 Å². The molecular weight excluding hydrogens is 316 g/mol. The lowest BCUT2D eigenvalue weighted by Crippen LogP contribution is -2.12. The first-order valence-corrected chi connectivity index (χ1v) is 7.62. The molecule has 2 aromatic heterocycles. The van der Waals surface area contributed by atoms with Gasteiger partial charge in [-0.05, 0) is 32.0 Å². The van der Waals surface area contributed by atoms with Gasteiger partial charge in [-0.1, -0.05) is 11.2 Å². The number of benzene rings is 1. The Morgan fingerprint density at radius 2 is 2.13 bits per heavy atom. The van der Waals surface area contributed by atoms with E-state index < -0.39 is 0 Å². The molecule has 8 heteroatoms. The molecule has 3 aromatic rings. The summed E-state index contributed by atoms with van der Waals surface area (Å²) in [6, 6.07) is 6.81. The van der Waals surface area contributed by atoms with E-state index in [4.69, 9.17) is 9.15 Å². The molecule has 0 atom stereocenters. The summed E-state index contributed by atoms with van der Waals surface area (Å²) in [5.74, 6) is 0.524. The number of anilines is 1. The van der Waals surface area contributed by atoms with Crippen molar-refractivity contribution in [3.63, 3.8) is 0 Å². The molecule has 0 bridgehead atoms. The fourth-order valence-corrected chi connectivity index (χ4v) is 2.84. The number of hydrogen-bond donors (Lipinski definition) is 1. The first-order valence-electron chi connectivity index (χ1n) is 6.80. The van der Waals surface area contributed by atoms with Crippen molar-refractivity contribution in [2.75, 3.05) is 12.4 Å². The molecule has 0 saturated heterocycles. The molecule has 1 amide bonds. The van der Waals surface area contributed by atoms with Gasteiger partial charge in [0.1, 0.15) is 11.4 Å². The SMILES string of the molecule is COc1cccc(C(=O)Nc2nnc(-c3nc(C)sc3C)o2)c1. The zero-order valence-electron chi connectivity index (χ0n) is 12.8. The van der Waals surface area contributed by atoms with Gasteiger partial charge in [-0.3, -0.25) is 10.1 Å². The van der Waals surface area contributed by atoms with E-state index in [0.29, 0.717) is 17.0 Å². The van der Waals surface area contributed by atoms with Gasteiger partial charge in [-0.15, -0.1) is 16.4 Å². The van der Waals surface area contributed by atoms with Gasteiger partial charge < -0.3 is 9.15 Å². The summed E-state index contributed by atoms with van der Waals surface area (Å²) < 4.78 is 10.6. The van der Waals surface area contributed by atoms with Crippen LogP contribution in [0.4, 0.5) is 6.01 Å². The van der Waals surface area contributed by atoms with Crippen LogP contribution in [0, 0.1) is 13.8 Å². The van der Waals surface area contributed by atoms with E-state index in [1.807, 2.05) is 13.8 Å². The Bertz CT molecular complexity index is 856. The lowest BCUT2D eigenvalue weighted by molar-refractivity contribution is 0.102. The quantitative estimate of drug-likeness (QED) is 0.790. The number of methoxy groups -OCH3 is 1. The summed E-state index contributed by atoms with van der Waals surface area (Å²) in [5.41, 5.74) is 1.08. The Hall–Kier alpha value is -2.74. The number of ether oxygens (including phenoxy) is 1. The summed E-state index contributed by atoms with van der Waals surface area (Å²) >= 11 is 1.55. The lowest BCUT2D eigenvalue weighted by atomic mass is 10.2. The maximum atomic E-state index is 12.2. The Kier molecular flexibility index (Phi) is 4.07. The fourth-order valence-electron chi connectivity index (χ4n) is 2.03. The lowest BCUT2D eigenvalue weighted by Gasteiger charge is -2.03. The predicted octanol–water partition coefficient (Wildman–Crippen LogP) is 3.07. The van der Waals surface area contributed by atoms with Crippen LogP contribution in [0.1, 0.15) is 20.2 Å². The van der Waals surface area contributed by atoms with Crippen LogP contribution in [0.3, 0.4) is 0 Å². The van der Waals surface area contributed by atoms with Crippen LogP contribution in [0.25, 0.3) is 11.6 Å². The van der Waals surface area contributed by atoms with Crippen molar-refractivity contribution in [1.82, 2.24) is 15.2 Å². The minimum Gasteiger partial charge on any atom is -0.497 e. The van der Waals surface area contributed by atoms with E-state index in [-0.39, 0.29) is 17.8 Å². The second kappa shape index (κ2) is 6.17. The van der Waals surface area contributed by atoms with Crippen LogP contribution in [-0.4, -0.2) is 28.2 Å². The number of carbonyl (C=O) groups excluding carboxylic acids is 1. The van der Waals surface area contributed by atoms with Gasteiger partial charge in [0.05, 0.1) is 12.1 Å². The monoisotopic (exact) mass is 330 g/mol. The van der Waals surface area contributed by atoms with Crippen LogP contribution in [0.5, 0.6) is 5.75 Å². The van der Waals surface area contributed by atoms with Crippen LogP contribution >= 0.6 is 11.3 Å². The van der Waals surface area contributed by atoms with Crippen molar-refractivity contribution < 1.29 is 13.9 Å². The molecule has 0 radical (unpaired) electrons. The van der Waals surface area contributed by atoms with Gasteiger partial charge in [-0.25, -0.2) is 4.98 Å². The summed E-state index contributed by atoms with van der Waals surface area (Å²) in [4.78, 5) is 17.5. The molecule has 0 spiro atoms. The average Bonchev–Trinajstić information content (AvgIpc) is 3.13. The smallest absolute Gasteiger partial charge is 0.322 e. The molecule has 1 aromatic carbocycles. The molecule has 3 rings (SSSR count). The minimum absolute atomic E-state index is 0.0258. The van der Waals surface area contributed by atoms with Crippen LogP contribution in [0.2, 0.25) is 0 Å². The highest BCUT2D eigenvalue weighted by Crippen LogP contribution is 2.27. The molecule has 0 aliphatic carbocycles. The van der Waals surface area contributed by atoms with Crippen molar-refractivity contribution >= 4 is 23.3 Å². The summed E-state index contributed by atoms with van der Waals surface area (Å²) in [5, 5.41) is 11.2. The second-order valence-electron chi connectivity index (χ2n) is 4.74. The van der Waals surface area contributed by atoms with E-state index in [0.717, 1.165) is 9.88 Å². The van der Waals surface area contributed by atoms with Gasteiger partial charge in [0.15, 0.2) is 0 Å². The molecule has 7 nitrogen and oxygen atoms in total. The molecule has 0 saturated carbocycles. The van der Waals surface area contributed by atoms with Crippen molar-refractivity contribution in [2.24, 2.45) is 0 Å². The molecule has 0 aliphatic heterocycles. The Balaban J connectivity index is 1.78. The van der Waals surface area contributed by atoms with E-state index in [1.54, 1.807) is 42.7 Å². The van der Waals surface area contributed by atoms with Crippen LogP contribution < -0.4 is 10.1 Å². The van der Waals surface area contributed by atoms with E-state index in [1.165, 1.54) is 0 Å². The van der Waals surface area contributed by atoms with E-state index >= 15 is 0 Å². The van der Waals surface area contributed by atoms with Crippen LogP contribution in [-0.2, 0) is 0 Å². The average molecular weight is 330 g/mol. The molecule has 0 aliphatic rings. The number of nitrogens with zero attached hydrogens (tertiary/aromatic N) is 3. The summed E-state index contributed by atoms with van der Waals surface area (Å²) in [6.07, 6.45) is 0. The van der Waals surface area contributed by atoms with Gasteiger partial charge in [0.2, 0.25) is 0 Å². The van der Waals surface area contributed by atoms with Crippen molar-refractivity contribution in [2.45, 2.75) is 13.8 Å². The zero-order valence-corrected chi connectivity index (χ0v) is 13.6. The van der Waals surface area contributed by atoms with Gasteiger partial charge >= 0.3 is 6.01 Å². The maximum absolute atomic E-state index is 12.2. The molecule has 2 heterocycles. The first kappa shape index (κ1) is 15.2. The molecule has 1 N–H and O–H groups in total. The number of rotatable bonds is 4. The molecular formula is C15H14N4O3S. The maximum Gasteiger partial charge on any atom is 0.322 e. The zero-order chi connectivity index (χ0) is 16.4. The van der Waals surface area contributed by atoms with E-state index in [2.05, 4.69) is 20.5 Å². The largest absolute Gasteiger partial charge is 0.497 e. The van der Waals surface area contributed by atoms with E-state index in [9.17, 15) is 4.79 Å².